The number of benzene rings is 1. The number of aromatic nitrogens is 1. The van der Waals surface area contributed by atoms with Gasteiger partial charge in [0.15, 0.2) is 5.13 Å². The number of ether oxygens (including phenoxy) is 1. The van der Waals surface area contributed by atoms with E-state index in [1.165, 1.54) is 11.3 Å². The molecule has 0 aliphatic carbocycles. The van der Waals surface area contributed by atoms with Crippen molar-refractivity contribution < 1.29 is 14.3 Å². The maximum absolute atomic E-state index is 12.0. The Labute approximate surface area is 132 Å². The van der Waals surface area contributed by atoms with Crippen molar-refractivity contribution in [2.45, 2.75) is 6.42 Å². The molecule has 0 aliphatic heterocycles. The third-order valence-electron chi connectivity index (χ3n) is 2.78. The van der Waals surface area contributed by atoms with Gasteiger partial charge in [0, 0.05) is 24.6 Å². The summed E-state index contributed by atoms with van der Waals surface area (Å²) in [7, 11) is 1.58. The highest BCUT2D eigenvalue weighted by molar-refractivity contribution is 7.14. The van der Waals surface area contributed by atoms with Gasteiger partial charge in [-0.25, -0.2) is 4.98 Å². The van der Waals surface area contributed by atoms with Gasteiger partial charge in [-0.15, -0.1) is 11.3 Å². The molecule has 0 atom stereocenters. The number of carbonyl (C=O) groups is 2. The zero-order valence-corrected chi connectivity index (χ0v) is 13.0. The van der Waals surface area contributed by atoms with Gasteiger partial charge in [0.05, 0.1) is 18.7 Å². The average Bonchev–Trinajstić information content (AvgIpc) is 2.95. The third-order valence-corrected chi connectivity index (χ3v) is 3.58. The number of rotatable bonds is 7. The molecule has 2 amide bonds. The molecule has 1 aromatic carbocycles. The van der Waals surface area contributed by atoms with E-state index < -0.39 is 0 Å². The fourth-order valence-electron chi connectivity index (χ4n) is 1.72. The SMILES string of the molecule is COCCNC(=O)Cc1csc(NC(=O)c2ccccc2)n1. The Kier molecular flexibility index (Phi) is 6.05. The van der Waals surface area contributed by atoms with E-state index >= 15 is 0 Å². The van der Waals surface area contributed by atoms with E-state index in [9.17, 15) is 9.59 Å². The Morgan fingerprint density at radius 3 is 2.77 bits per heavy atom. The van der Waals surface area contributed by atoms with Crippen LogP contribution < -0.4 is 10.6 Å². The Hall–Kier alpha value is -2.25. The summed E-state index contributed by atoms with van der Waals surface area (Å²) < 4.78 is 4.86. The number of hydrogen-bond acceptors (Lipinski definition) is 5. The van der Waals surface area contributed by atoms with E-state index in [0.29, 0.717) is 29.5 Å². The minimum absolute atomic E-state index is 0.122. The minimum atomic E-state index is -0.217. The van der Waals surface area contributed by atoms with E-state index in [-0.39, 0.29) is 18.2 Å². The van der Waals surface area contributed by atoms with Crippen LogP contribution in [0.25, 0.3) is 0 Å². The predicted octanol–water partition coefficient (Wildman–Crippen LogP) is 1.70. The number of anilines is 1. The van der Waals surface area contributed by atoms with Gasteiger partial charge < -0.3 is 10.1 Å². The normalized spacial score (nSPS) is 10.2. The van der Waals surface area contributed by atoms with Crippen molar-refractivity contribution >= 4 is 28.3 Å². The van der Waals surface area contributed by atoms with Gasteiger partial charge in [0.2, 0.25) is 5.91 Å². The van der Waals surface area contributed by atoms with Crippen LogP contribution >= 0.6 is 11.3 Å². The lowest BCUT2D eigenvalue weighted by atomic mass is 10.2. The second kappa shape index (κ2) is 8.26. The zero-order valence-electron chi connectivity index (χ0n) is 12.2. The number of amides is 2. The van der Waals surface area contributed by atoms with E-state index in [1.54, 1.807) is 36.8 Å². The fourth-order valence-corrected chi connectivity index (χ4v) is 2.43. The van der Waals surface area contributed by atoms with Crippen LogP contribution in [0, 0.1) is 0 Å². The summed E-state index contributed by atoms with van der Waals surface area (Å²) in [5.74, 6) is -0.339. The van der Waals surface area contributed by atoms with Gasteiger partial charge in [-0.3, -0.25) is 14.9 Å². The van der Waals surface area contributed by atoms with Crippen LogP contribution in [0.15, 0.2) is 35.7 Å². The molecule has 0 aliphatic rings. The molecule has 0 saturated carbocycles. The molecule has 1 heterocycles. The fraction of sp³-hybridized carbons (Fsp3) is 0.267. The third kappa shape index (κ3) is 4.94. The van der Waals surface area contributed by atoms with Gasteiger partial charge in [-0.2, -0.15) is 0 Å². The molecular weight excluding hydrogens is 302 g/mol. The average molecular weight is 319 g/mol. The quantitative estimate of drug-likeness (QED) is 0.761. The van der Waals surface area contributed by atoms with Crippen LogP contribution in [0.5, 0.6) is 0 Å². The summed E-state index contributed by atoms with van der Waals surface area (Å²) in [6.07, 6.45) is 0.182. The minimum Gasteiger partial charge on any atom is -0.383 e. The van der Waals surface area contributed by atoms with Gasteiger partial charge >= 0.3 is 0 Å². The molecule has 0 bridgehead atoms. The Balaban J connectivity index is 1.86. The van der Waals surface area contributed by atoms with Crippen LogP contribution in [-0.4, -0.2) is 37.1 Å². The molecule has 116 valence electrons. The smallest absolute Gasteiger partial charge is 0.257 e. The molecule has 0 unspecified atom stereocenters. The lowest BCUT2D eigenvalue weighted by molar-refractivity contribution is -0.120. The molecule has 7 heteroatoms. The van der Waals surface area contributed by atoms with Crippen molar-refractivity contribution in [1.82, 2.24) is 10.3 Å². The summed E-state index contributed by atoms with van der Waals surface area (Å²) in [5.41, 5.74) is 1.19. The second-order valence-electron chi connectivity index (χ2n) is 4.48. The first-order chi connectivity index (χ1) is 10.7. The highest BCUT2D eigenvalue weighted by atomic mass is 32.1. The van der Waals surface area contributed by atoms with Gasteiger partial charge in [0.1, 0.15) is 0 Å². The molecule has 0 fully saturated rings. The van der Waals surface area contributed by atoms with E-state index in [1.807, 2.05) is 6.07 Å². The van der Waals surface area contributed by atoms with Gasteiger partial charge in [-0.1, -0.05) is 18.2 Å². The monoisotopic (exact) mass is 319 g/mol. The zero-order chi connectivity index (χ0) is 15.8. The highest BCUT2D eigenvalue weighted by Crippen LogP contribution is 2.16. The Bertz CT molecular complexity index is 628. The predicted molar refractivity (Wildman–Crippen MR) is 85.1 cm³/mol. The van der Waals surface area contributed by atoms with Crippen LogP contribution in [0.2, 0.25) is 0 Å². The molecule has 2 N–H and O–H groups in total. The number of methoxy groups -OCH3 is 1. The van der Waals surface area contributed by atoms with E-state index in [2.05, 4.69) is 15.6 Å². The van der Waals surface area contributed by atoms with E-state index in [0.717, 1.165) is 0 Å². The van der Waals surface area contributed by atoms with Crippen molar-refractivity contribution in [3.8, 4) is 0 Å². The number of nitrogens with one attached hydrogen (secondary N) is 2. The van der Waals surface area contributed by atoms with Gasteiger partial charge in [-0.05, 0) is 12.1 Å². The summed E-state index contributed by atoms with van der Waals surface area (Å²) >= 11 is 1.30. The highest BCUT2D eigenvalue weighted by Gasteiger charge is 2.10. The van der Waals surface area contributed by atoms with Crippen LogP contribution in [0.1, 0.15) is 16.1 Å². The number of thiazole rings is 1. The van der Waals surface area contributed by atoms with Crippen LogP contribution in [0.4, 0.5) is 5.13 Å². The first kappa shape index (κ1) is 16.1. The summed E-state index contributed by atoms with van der Waals surface area (Å²) in [6.45, 7) is 0.943. The summed E-state index contributed by atoms with van der Waals surface area (Å²) in [5, 5.41) is 7.68. The molecule has 2 aromatic rings. The van der Waals surface area contributed by atoms with E-state index in [4.69, 9.17) is 4.74 Å². The maximum Gasteiger partial charge on any atom is 0.257 e. The standard InChI is InChI=1S/C15H17N3O3S/c1-21-8-7-16-13(19)9-12-10-22-15(17-12)18-14(20)11-5-3-2-4-6-11/h2-6,10H,7-9H2,1H3,(H,16,19)(H,17,18,20). The van der Waals surface area contributed by atoms with Crippen molar-refractivity contribution in [1.29, 1.82) is 0 Å². The van der Waals surface area contributed by atoms with Crippen molar-refractivity contribution in [3.63, 3.8) is 0 Å². The molecule has 0 spiro atoms. The Morgan fingerprint density at radius 1 is 1.27 bits per heavy atom. The molecule has 0 radical (unpaired) electrons. The lowest BCUT2D eigenvalue weighted by Crippen LogP contribution is -2.28. The Morgan fingerprint density at radius 2 is 2.05 bits per heavy atom. The maximum atomic E-state index is 12.0. The number of carbonyl (C=O) groups excluding carboxylic acids is 2. The summed E-state index contributed by atoms with van der Waals surface area (Å²) in [4.78, 5) is 27.9. The van der Waals surface area contributed by atoms with Gasteiger partial charge in [0.25, 0.3) is 5.91 Å². The molecule has 1 aromatic heterocycles. The molecular formula is C15H17N3O3S. The topological polar surface area (TPSA) is 80.3 Å². The van der Waals surface area contributed by atoms with Crippen molar-refractivity contribution in [2.24, 2.45) is 0 Å². The first-order valence-corrected chi connectivity index (χ1v) is 7.63. The molecule has 0 saturated heterocycles. The molecule has 6 nitrogen and oxygen atoms in total. The van der Waals surface area contributed by atoms with Crippen molar-refractivity contribution in [3.05, 3.63) is 47.0 Å². The largest absolute Gasteiger partial charge is 0.383 e. The molecule has 2 rings (SSSR count). The number of nitrogens with zero attached hydrogens (tertiary/aromatic N) is 1. The van der Waals surface area contributed by atoms with Crippen LogP contribution in [-0.2, 0) is 16.0 Å². The summed E-state index contributed by atoms with van der Waals surface area (Å²) in [6, 6.07) is 8.90. The second-order valence-corrected chi connectivity index (χ2v) is 5.34. The number of hydrogen-bond donors (Lipinski definition) is 2. The van der Waals surface area contributed by atoms with Crippen molar-refractivity contribution in [2.75, 3.05) is 25.6 Å². The first-order valence-electron chi connectivity index (χ1n) is 6.75. The van der Waals surface area contributed by atoms with Crippen LogP contribution in [0.3, 0.4) is 0 Å². The molecule has 22 heavy (non-hydrogen) atoms. The lowest BCUT2D eigenvalue weighted by Gasteiger charge is -2.02.